The third-order valence-electron chi connectivity index (χ3n) is 4.40. The summed E-state index contributed by atoms with van der Waals surface area (Å²) in [6.45, 7) is 0.931. The first kappa shape index (κ1) is 18.2. The number of nitrogens with zero attached hydrogens (tertiary/aromatic N) is 1. The Labute approximate surface area is 142 Å². The second kappa shape index (κ2) is 7.17. The van der Waals surface area contributed by atoms with Crippen LogP contribution in [-0.2, 0) is 14.8 Å². The smallest absolute Gasteiger partial charge is 0.339 e. The highest BCUT2D eigenvalue weighted by molar-refractivity contribution is 7.89. The molecule has 6 nitrogen and oxygen atoms in total. The molecule has 1 N–H and O–H groups in total. The van der Waals surface area contributed by atoms with Crippen molar-refractivity contribution in [3.05, 3.63) is 29.8 Å². The van der Waals surface area contributed by atoms with Gasteiger partial charge in [0.25, 0.3) is 0 Å². The van der Waals surface area contributed by atoms with E-state index in [4.69, 9.17) is 4.74 Å². The van der Waals surface area contributed by atoms with E-state index in [0.717, 1.165) is 19.3 Å². The van der Waals surface area contributed by atoms with Gasteiger partial charge >= 0.3 is 5.97 Å². The normalized spacial score (nSPS) is 24.6. The Morgan fingerprint density at radius 3 is 2.65 bits per heavy atom. The Morgan fingerprint density at radius 2 is 1.91 bits per heavy atom. The summed E-state index contributed by atoms with van der Waals surface area (Å²) in [5.74, 6) is -0.631. The minimum absolute atomic E-state index is 0. The van der Waals surface area contributed by atoms with Gasteiger partial charge in [-0.15, -0.1) is 12.4 Å². The van der Waals surface area contributed by atoms with Crippen LogP contribution < -0.4 is 5.32 Å². The highest BCUT2D eigenvalue weighted by atomic mass is 35.5. The molecule has 2 fully saturated rings. The Hall–Kier alpha value is -1.15. The molecule has 0 amide bonds. The third-order valence-corrected chi connectivity index (χ3v) is 6.32. The van der Waals surface area contributed by atoms with E-state index in [0.29, 0.717) is 19.1 Å². The molecule has 2 aliphatic rings. The number of esters is 1. The number of nitrogens with one attached hydrogen (secondary N) is 1. The minimum atomic E-state index is -3.70. The lowest BCUT2D eigenvalue weighted by Crippen LogP contribution is -2.39. The SMILES string of the molecule is COC(=O)c1ccccc1S(=O)(=O)N1CCC2CCC(C1)N2.Cl. The standard InChI is InChI=1S/C15H20N2O4S.ClH/c1-21-15(18)13-4-2-3-5-14(13)22(19,20)17-9-8-11-6-7-12(10-17)16-11;/h2-5,11-12,16H,6-10H2,1H3;1H. The van der Waals surface area contributed by atoms with Crippen LogP contribution in [0.1, 0.15) is 29.6 Å². The van der Waals surface area contributed by atoms with Gasteiger partial charge in [0, 0.05) is 25.2 Å². The molecule has 0 aliphatic carbocycles. The molecule has 2 bridgehead atoms. The summed E-state index contributed by atoms with van der Waals surface area (Å²) in [5.41, 5.74) is 0.0902. The maximum absolute atomic E-state index is 12.9. The second-order valence-corrected chi connectivity index (χ2v) is 7.68. The molecule has 0 saturated carbocycles. The molecule has 2 atom stereocenters. The average molecular weight is 361 g/mol. The van der Waals surface area contributed by atoms with Crippen LogP contribution in [0.4, 0.5) is 0 Å². The first-order valence-corrected chi connectivity index (χ1v) is 8.90. The number of benzene rings is 1. The zero-order valence-corrected chi connectivity index (χ0v) is 14.5. The maximum Gasteiger partial charge on any atom is 0.339 e. The molecule has 128 valence electrons. The number of sulfonamides is 1. The second-order valence-electron chi connectivity index (χ2n) is 5.78. The van der Waals surface area contributed by atoms with E-state index < -0.39 is 16.0 Å². The molecule has 2 aliphatic heterocycles. The number of carbonyl (C=O) groups excluding carboxylic acids is 1. The van der Waals surface area contributed by atoms with E-state index in [1.165, 1.54) is 23.5 Å². The minimum Gasteiger partial charge on any atom is -0.465 e. The van der Waals surface area contributed by atoms with Gasteiger partial charge in [0.1, 0.15) is 0 Å². The van der Waals surface area contributed by atoms with Crippen molar-refractivity contribution in [3.8, 4) is 0 Å². The fourth-order valence-electron chi connectivity index (χ4n) is 3.24. The third kappa shape index (κ3) is 3.52. The van der Waals surface area contributed by atoms with E-state index in [1.807, 2.05) is 0 Å². The molecular weight excluding hydrogens is 340 g/mol. The van der Waals surface area contributed by atoms with Crippen LogP contribution in [0.15, 0.2) is 29.2 Å². The van der Waals surface area contributed by atoms with Crippen molar-refractivity contribution in [1.29, 1.82) is 0 Å². The number of halogens is 1. The van der Waals surface area contributed by atoms with Gasteiger partial charge < -0.3 is 10.1 Å². The van der Waals surface area contributed by atoms with E-state index in [-0.39, 0.29) is 28.9 Å². The fraction of sp³-hybridized carbons (Fsp3) is 0.533. The molecule has 0 radical (unpaired) electrons. The number of carbonyl (C=O) groups is 1. The van der Waals surface area contributed by atoms with Crippen LogP contribution in [-0.4, -0.2) is 51.0 Å². The van der Waals surface area contributed by atoms with Crippen molar-refractivity contribution in [1.82, 2.24) is 9.62 Å². The lowest BCUT2D eigenvalue weighted by molar-refractivity contribution is 0.0596. The quantitative estimate of drug-likeness (QED) is 0.825. The number of methoxy groups -OCH3 is 1. The maximum atomic E-state index is 12.9. The fourth-order valence-corrected chi connectivity index (χ4v) is 4.92. The molecular formula is C15H21ClN2O4S. The molecule has 2 unspecified atom stereocenters. The molecule has 0 aromatic heterocycles. The predicted octanol–water partition coefficient (Wildman–Crippen LogP) is 1.41. The number of rotatable bonds is 3. The summed E-state index contributed by atoms with van der Waals surface area (Å²) in [5, 5.41) is 3.46. The van der Waals surface area contributed by atoms with Crippen molar-refractivity contribution >= 4 is 28.4 Å². The Kier molecular flexibility index (Phi) is 5.67. The summed E-state index contributed by atoms with van der Waals surface area (Å²) in [4.78, 5) is 11.9. The Balaban J connectivity index is 0.00000192. The number of ether oxygens (including phenoxy) is 1. The summed E-state index contributed by atoms with van der Waals surface area (Å²) < 4.78 is 32.1. The van der Waals surface area contributed by atoms with Gasteiger partial charge in [0.05, 0.1) is 17.6 Å². The first-order chi connectivity index (χ1) is 10.5. The van der Waals surface area contributed by atoms with Gasteiger partial charge in [-0.2, -0.15) is 4.31 Å². The zero-order valence-electron chi connectivity index (χ0n) is 12.9. The summed E-state index contributed by atoms with van der Waals surface area (Å²) in [6, 6.07) is 6.83. The molecule has 2 saturated heterocycles. The van der Waals surface area contributed by atoms with Crippen molar-refractivity contribution in [3.63, 3.8) is 0 Å². The Bertz CT molecular complexity index is 680. The number of hydrogen-bond acceptors (Lipinski definition) is 5. The average Bonchev–Trinajstić information content (AvgIpc) is 2.85. The van der Waals surface area contributed by atoms with Crippen molar-refractivity contribution in [2.24, 2.45) is 0 Å². The van der Waals surface area contributed by atoms with Gasteiger partial charge in [-0.3, -0.25) is 0 Å². The summed E-state index contributed by atoms with van der Waals surface area (Å²) in [6.07, 6.45) is 2.91. The van der Waals surface area contributed by atoms with Crippen molar-refractivity contribution in [2.75, 3.05) is 20.2 Å². The van der Waals surface area contributed by atoms with Gasteiger partial charge in [-0.25, -0.2) is 13.2 Å². The van der Waals surface area contributed by atoms with Crippen molar-refractivity contribution in [2.45, 2.75) is 36.2 Å². The van der Waals surface area contributed by atoms with Crippen LogP contribution in [0.25, 0.3) is 0 Å². The van der Waals surface area contributed by atoms with E-state index in [9.17, 15) is 13.2 Å². The van der Waals surface area contributed by atoms with Crippen LogP contribution >= 0.6 is 12.4 Å². The summed E-state index contributed by atoms with van der Waals surface area (Å²) >= 11 is 0. The van der Waals surface area contributed by atoms with E-state index in [1.54, 1.807) is 12.1 Å². The van der Waals surface area contributed by atoms with Crippen LogP contribution in [0.5, 0.6) is 0 Å². The highest BCUT2D eigenvalue weighted by Gasteiger charge is 2.36. The van der Waals surface area contributed by atoms with Gasteiger partial charge in [-0.05, 0) is 31.4 Å². The van der Waals surface area contributed by atoms with Gasteiger partial charge in [0.15, 0.2) is 0 Å². The molecule has 1 aromatic rings. The number of hydrogen-bond donors (Lipinski definition) is 1. The predicted molar refractivity (Wildman–Crippen MR) is 88.4 cm³/mol. The van der Waals surface area contributed by atoms with Gasteiger partial charge in [0.2, 0.25) is 10.0 Å². The van der Waals surface area contributed by atoms with Crippen LogP contribution in [0.3, 0.4) is 0 Å². The first-order valence-electron chi connectivity index (χ1n) is 7.46. The lowest BCUT2D eigenvalue weighted by Gasteiger charge is -2.24. The largest absolute Gasteiger partial charge is 0.465 e. The topological polar surface area (TPSA) is 75.7 Å². The molecule has 1 aromatic carbocycles. The molecule has 3 rings (SSSR count). The highest BCUT2D eigenvalue weighted by Crippen LogP contribution is 2.26. The molecule has 2 heterocycles. The molecule has 23 heavy (non-hydrogen) atoms. The molecule has 8 heteroatoms. The Morgan fingerprint density at radius 1 is 1.22 bits per heavy atom. The lowest BCUT2D eigenvalue weighted by atomic mass is 10.1. The summed E-state index contributed by atoms with van der Waals surface area (Å²) in [7, 11) is -2.45. The molecule has 0 spiro atoms. The zero-order chi connectivity index (χ0) is 15.7. The van der Waals surface area contributed by atoms with Gasteiger partial charge in [-0.1, -0.05) is 12.1 Å². The number of fused-ring (bicyclic) bond motifs is 2. The van der Waals surface area contributed by atoms with Crippen molar-refractivity contribution < 1.29 is 17.9 Å². The van der Waals surface area contributed by atoms with Crippen LogP contribution in [0, 0.1) is 0 Å². The monoisotopic (exact) mass is 360 g/mol. The van der Waals surface area contributed by atoms with E-state index >= 15 is 0 Å². The van der Waals surface area contributed by atoms with E-state index in [2.05, 4.69) is 5.32 Å². The van der Waals surface area contributed by atoms with Crippen LogP contribution in [0.2, 0.25) is 0 Å².